The van der Waals surface area contributed by atoms with E-state index in [-0.39, 0.29) is 23.8 Å². The fourth-order valence-electron chi connectivity index (χ4n) is 3.79. The highest BCUT2D eigenvalue weighted by Gasteiger charge is 2.37. The normalized spacial score (nSPS) is 17.7. The SMILES string of the molecule is Cc1noc(C)c1S(=O)(=O)N1CCCC(C(=O)OCc2nc(N)c3ccccc3n2)C1. The predicted octanol–water partition coefficient (Wildman–Crippen LogP) is 1.96. The van der Waals surface area contributed by atoms with Crippen LogP contribution in [0, 0.1) is 19.8 Å². The number of aryl methyl sites for hydroxylation is 2. The number of hydrogen-bond donors (Lipinski definition) is 1. The molecule has 1 unspecified atom stereocenters. The molecule has 4 rings (SSSR count). The number of carbonyl (C=O) groups excluding carboxylic acids is 1. The average molecular weight is 446 g/mol. The van der Waals surface area contributed by atoms with Gasteiger partial charge in [-0.05, 0) is 38.8 Å². The van der Waals surface area contributed by atoms with Crippen LogP contribution in [-0.2, 0) is 26.2 Å². The Morgan fingerprint density at radius 1 is 1.29 bits per heavy atom. The molecule has 31 heavy (non-hydrogen) atoms. The Balaban J connectivity index is 1.45. The fraction of sp³-hybridized carbons (Fsp3) is 0.400. The summed E-state index contributed by atoms with van der Waals surface area (Å²) in [6, 6.07) is 7.29. The standard InChI is InChI=1S/C20H23N5O5S/c1-12-18(13(2)30-24-12)31(27,28)25-9-5-6-14(10-25)20(26)29-11-17-22-16-8-4-3-7-15(16)19(21)23-17/h3-4,7-8,14H,5-6,9-11H2,1-2H3,(H2,21,22,23). The van der Waals surface area contributed by atoms with Crippen LogP contribution in [0.4, 0.5) is 5.82 Å². The Morgan fingerprint density at radius 3 is 2.81 bits per heavy atom. The molecule has 0 spiro atoms. The van der Waals surface area contributed by atoms with Gasteiger partial charge in [0.15, 0.2) is 18.2 Å². The highest BCUT2D eigenvalue weighted by molar-refractivity contribution is 7.89. The molecule has 1 atom stereocenters. The van der Waals surface area contributed by atoms with Crippen molar-refractivity contribution in [3.63, 3.8) is 0 Å². The van der Waals surface area contributed by atoms with Crippen LogP contribution in [0.15, 0.2) is 33.7 Å². The highest BCUT2D eigenvalue weighted by Crippen LogP contribution is 2.28. The van der Waals surface area contributed by atoms with Gasteiger partial charge in [0.05, 0.1) is 11.4 Å². The van der Waals surface area contributed by atoms with Gasteiger partial charge in [-0.2, -0.15) is 4.31 Å². The molecule has 10 nitrogen and oxygen atoms in total. The molecule has 0 saturated carbocycles. The van der Waals surface area contributed by atoms with Gasteiger partial charge in [-0.25, -0.2) is 18.4 Å². The number of carbonyl (C=O) groups is 1. The summed E-state index contributed by atoms with van der Waals surface area (Å²) < 4.78 is 37.8. The van der Waals surface area contributed by atoms with Crippen molar-refractivity contribution in [1.82, 2.24) is 19.4 Å². The summed E-state index contributed by atoms with van der Waals surface area (Å²) in [4.78, 5) is 21.3. The Morgan fingerprint density at radius 2 is 2.06 bits per heavy atom. The van der Waals surface area contributed by atoms with Gasteiger partial charge in [0.1, 0.15) is 16.4 Å². The van der Waals surface area contributed by atoms with Crippen LogP contribution in [-0.4, -0.2) is 46.9 Å². The van der Waals surface area contributed by atoms with Crippen molar-refractivity contribution < 1.29 is 22.5 Å². The van der Waals surface area contributed by atoms with Gasteiger partial charge in [-0.3, -0.25) is 4.79 Å². The number of ether oxygens (including phenoxy) is 1. The summed E-state index contributed by atoms with van der Waals surface area (Å²) in [5.41, 5.74) is 6.93. The number of aromatic nitrogens is 3. The quantitative estimate of drug-likeness (QED) is 0.583. The van der Waals surface area contributed by atoms with Crippen molar-refractivity contribution in [2.24, 2.45) is 5.92 Å². The summed E-state index contributed by atoms with van der Waals surface area (Å²) in [6.45, 7) is 3.35. The minimum absolute atomic E-state index is 0.0337. The maximum absolute atomic E-state index is 13.0. The molecule has 0 amide bonds. The summed E-state index contributed by atoms with van der Waals surface area (Å²) in [5.74, 6) is -0.240. The van der Waals surface area contributed by atoms with Gasteiger partial charge in [-0.1, -0.05) is 17.3 Å². The van der Waals surface area contributed by atoms with E-state index in [0.29, 0.717) is 42.2 Å². The molecule has 1 aliphatic heterocycles. The molecule has 3 heterocycles. The summed E-state index contributed by atoms with van der Waals surface area (Å²) in [7, 11) is -3.82. The summed E-state index contributed by atoms with van der Waals surface area (Å²) >= 11 is 0. The van der Waals surface area contributed by atoms with Crippen LogP contribution in [0.5, 0.6) is 0 Å². The molecule has 1 aliphatic rings. The number of rotatable bonds is 5. The maximum Gasteiger partial charge on any atom is 0.310 e. The Bertz CT molecular complexity index is 1220. The molecule has 11 heteroatoms. The molecule has 3 aromatic rings. The number of para-hydroxylation sites is 1. The van der Waals surface area contributed by atoms with Crippen molar-refractivity contribution in [3.8, 4) is 0 Å². The smallest absolute Gasteiger partial charge is 0.310 e. The second-order valence-electron chi connectivity index (χ2n) is 7.51. The number of sulfonamides is 1. The van der Waals surface area contributed by atoms with E-state index in [1.165, 1.54) is 4.31 Å². The Kier molecular flexibility index (Phi) is 5.63. The van der Waals surface area contributed by atoms with E-state index in [2.05, 4.69) is 15.1 Å². The number of esters is 1. The lowest BCUT2D eigenvalue weighted by Gasteiger charge is -2.30. The van der Waals surface area contributed by atoms with E-state index in [1.807, 2.05) is 18.2 Å². The second kappa shape index (κ2) is 8.23. The largest absolute Gasteiger partial charge is 0.457 e. The van der Waals surface area contributed by atoms with Gasteiger partial charge >= 0.3 is 5.97 Å². The number of nitrogens with zero attached hydrogens (tertiary/aromatic N) is 4. The molecule has 1 fully saturated rings. The summed E-state index contributed by atoms with van der Waals surface area (Å²) in [6.07, 6.45) is 1.08. The lowest BCUT2D eigenvalue weighted by molar-refractivity contribution is -0.151. The number of piperidine rings is 1. The molecule has 0 bridgehead atoms. The molecule has 1 aromatic carbocycles. The van der Waals surface area contributed by atoms with Crippen molar-refractivity contribution >= 4 is 32.7 Å². The fourth-order valence-corrected chi connectivity index (χ4v) is 5.61. The number of nitrogen functional groups attached to an aromatic ring is 1. The molecule has 1 saturated heterocycles. The molecule has 164 valence electrons. The van der Waals surface area contributed by atoms with Crippen molar-refractivity contribution in [3.05, 3.63) is 41.5 Å². The van der Waals surface area contributed by atoms with E-state index in [4.69, 9.17) is 15.0 Å². The number of hydrogen-bond acceptors (Lipinski definition) is 9. The van der Waals surface area contributed by atoms with Crippen molar-refractivity contribution in [1.29, 1.82) is 0 Å². The van der Waals surface area contributed by atoms with E-state index >= 15 is 0 Å². The first-order valence-corrected chi connectivity index (χ1v) is 11.3. The van der Waals surface area contributed by atoms with E-state index in [0.717, 1.165) is 5.39 Å². The Labute approximate surface area is 179 Å². The predicted molar refractivity (Wildman–Crippen MR) is 111 cm³/mol. The lowest BCUT2D eigenvalue weighted by atomic mass is 10.00. The zero-order chi connectivity index (χ0) is 22.2. The van der Waals surface area contributed by atoms with Crippen molar-refractivity contribution in [2.75, 3.05) is 18.8 Å². The molecular weight excluding hydrogens is 422 g/mol. The minimum Gasteiger partial charge on any atom is -0.457 e. The van der Waals surface area contributed by atoms with Crippen molar-refractivity contribution in [2.45, 2.75) is 38.2 Å². The second-order valence-corrected chi connectivity index (χ2v) is 9.38. The van der Waals surface area contributed by atoms with Crippen LogP contribution in [0.1, 0.15) is 30.1 Å². The lowest BCUT2D eigenvalue weighted by Crippen LogP contribution is -2.43. The van der Waals surface area contributed by atoms with E-state index in [1.54, 1.807) is 19.9 Å². The Hall–Kier alpha value is -3.05. The minimum atomic E-state index is -3.82. The molecular formula is C20H23N5O5S. The topological polar surface area (TPSA) is 142 Å². The number of anilines is 1. The number of benzene rings is 1. The zero-order valence-electron chi connectivity index (χ0n) is 17.2. The van der Waals surface area contributed by atoms with Gasteiger partial charge in [0, 0.05) is 18.5 Å². The molecule has 0 radical (unpaired) electrons. The molecule has 2 N–H and O–H groups in total. The van der Waals surface area contributed by atoms with Gasteiger partial charge in [-0.15, -0.1) is 0 Å². The van der Waals surface area contributed by atoms with Crippen LogP contribution in [0.25, 0.3) is 10.9 Å². The maximum atomic E-state index is 13.0. The van der Waals surface area contributed by atoms with Gasteiger partial charge in [0.25, 0.3) is 0 Å². The van der Waals surface area contributed by atoms with E-state index < -0.39 is 21.9 Å². The van der Waals surface area contributed by atoms with Crippen LogP contribution < -0.4 is 5.73 Å². The number of fused-ring (bicyclic) bond motifs is 1. The van der Waals surface area contributed by atoms with E-state index in [9.17, 15) is 13.2 Å². The first kappa shape index (κ1) is 21.2. The van der Waals surface area contributed by atoms with Crippen LogP contribution >= 0.6 is 0 Å². The third kappa shape index (κ3) is 4.10. The average Bonchev–Trinajstić information content (AvgIpc) is 3.11. The summed E-state index contributed by atoms with van der Waals surface area (Å²) in [5, 5.41) is 4.45. The monoisotopic (exact) mass is 445 g/mol. The number of nitrogens with two attached hydrogens (primary N) is 1. The van der Waals surface area contributed by atoms with Crippen LogP contribution in [0.3, 0.4) is 0 Å². The third-order valence-electron chi connectivity index (χ3n) is 5.31. The zero-order valence-corrected chi connectivity index (χ0v) is 18.1. The highest BCUT2D eigenvalue weighted by atomic mass is 32.2. The third-order valence-corrected chi connectivity index (χ3v) is 7.42. The first-order chi connectivity index (χ1) is 14.8. The molecule has 2 aromatic heterocycles. The molecule has 0 aliphatic carbocycles. The van der Waals surface area contributed by atoms with Gasteiger partial charge in [0.2, 0.25) is 10.0 Å². The van der Waals surface area contributed by atoms with Crippen LogP contribution in [0.2, 0.25) is 0 Å². The van der Waals surface area contributed by atoms with Gasteiger partial charge < -0.3 is 15.0 Å². The first-order valence-electron chi connectivity index (χ1n) is 9.88.